The van der Waals surface area contributed by atoms with Gasteiger partial charge in [-0.3, -0.25) is 4.79 Å². The fourth-order valence-electron chi connectivity index (χ4n) is 5.12. The van der Waals surface area contributed by atoms with Crippen LogP contribution in [0.1, 0.15) is 38.2 Å². The zero-order valence-electron chi connectivity index (χ0n) is 20.2. The maximum atomic E-state index is 12.4. The van der Waals surface area contributed by atoms with Crippen LogP contribution in [0.3, 0.4) is 0 Å². The van der Waals surface area contributed by atoms with E-state index in [1.807, 2.05) is 17.0 Å². The predicted octanol–water partition coefficient (Wildman–Crippen LogP) is 4.19. The molecule has 1 heterocycles. The Balaban J connectivity index is 1.47. The van der Waals surface area contributed by atoms with Crippen LogP contribution in [0.25, 0.3) is 0 Å². The number of methoxy groups -OCH3 is 1. The van der Waals surface area contributed by atoms with Crippen LogP contribution in [-0.2, 0) is 11.3 Å². The molecule has 178 valence electrons. The van der Waals surface area contributed by atoms with Crippen molar-refractivity contribution in [2.24, 2.45) is 0 Å². The molecule has 4 rings (SSSR count). The lowest BCUT2D eigenvalue weighted by molar-refractivity contribution is -0.131. The molecule has 2 aromatic carbocycles. The SMILES string of the molecule is COc1ccc(N2CCN(C(C)=O)C(CN(C)Cc3ccccc3)C2)cc1OC1CCCC1. The molecule has 0 radical (unpaired) electrons. The number of likely N-dealkylation sites (N-methyl/N-ethyl adjacent to an activating group) is 1. The second kappa shape index (κ2) is 10.9. The van der Waals surface area contributed by atoms with Gasteiger partial charge in [-0.1, -0.05) is 30.3 Å². The highest BCUT2D eigenvalue weighted by molar-refractivity contribution is 5.74. The molecule has 1 aliphatic heterocycles. The smallest absolute Gasteiger partial charge is 0.219 e. The van der Waals surface area contributed by atoms with E-state index in [0.29, 0.717) is 0 Å². The average Bonchev–Trinajstić information content (AvgIpc) is 3.32. The molecule has 1 atom stereocenters. The van der Waals surface area contributed by atoms with Crippen molar-refractivity contribution in [3.05, 3.63) is 54.1 Å². The number of ether oxygens (including phenoxy) is 2. The Bertz CT molecular complexity index is 914. The molecule has 1 aliphatic carbocycles. The highest BCUT2D eigenvalue weighted by Crippen LogP contribution is 2.35. The van der Waals surface area contributed by atoms with Gasteiger partial charge in [0.1, 0.15) is 0 Å². The fourth-order valence-corrected chi connectivity index (χ4v) is 5.12. The fraction of sp³-hybridized carbons (Fsp3) is 0.519. The number of rotatable bonds is 8. The number of piperazine rings is 1. The maximum absolute atomic E-state index is 12.4. The van der Waals surface area contributed by atoms with Crippen molar-refractivity contribution in [2.45, 2.75) is 51.3 Å². The van der Waals surface area contributed by atoms with Crippen molar-refractivity contribution < 1.29 is 14.3 Å². The van der Waals surface area contributed by atoms with E-state index in [1.165, 1.54) is 18.4 Å². The number of carbonyl (C=O) groups excluding carboxylic acids is 1. The Morgan fingerprint density at radius 2 is 1.82 bits per heavy atom. The molecule has 0 N–H and O–H groups in total. The number of hydrogen-bond acceptors (Lipinski definition) is 5. The summed E-state index contributed by atoms with van der Waals surface area (Å²) in [5, 5.41) is 0. The zero-order chi connectivity index (χ0) is 23.2. The number of carbonyl (C=O) groups is 1. The Morgan fingerprint density at radius 1 is 1.06 bits per heavy atom. The van der Waals surface area contributed by atoms with Crippen molar-refractivity contribution in [1.82, 2.24) is 9.80 Å². The first-order valence-corrected chi connectivity index (χ1v) is 12.1. The van der Waals surface area contributed by atoms with Gasteiger partial charge in [0, 0.05) is 51.4 Å². The molecule has 0 spiro atoms. The molecular formula is C27H37N3O3. The summed E-state index contributed by atoms with van der Waals surface area (Å²) in [4.78, 5) is 19.1. The second-order valence-electron chi connectivity index (χ2n) is 9.35. The third kappa shape index (κ3) is 5.99. The van der Waals surface area contributed by atoms with Crippen LogP contribution in [-0.4, -0.2) is 68.2 Å². The summed E-state index contributed by atoms with van der Waals surface area (Å²) in [6.07, 6.45) is 4.97. The summed E-state index contributed by atoms with van der Waals surface area (Å²) >= 11 is 0. The number of benzene rings is 2. The first kappa shape index (κ1) is 23.4. The van der Waals surface area contributed by atoms with Crippen LogP contribution in [0.2, 0.25) is 0 Å². The molecule has 6 heteroatoms. The van der Waals surface area contributed by atoms with E-state index in [1.54, 1.807) is 14.0 Å². The number of nitrogens with zero attached hydrogens (tertiary/aromatic N) is 3. The third-order valence-corrected chi connectivity index (χ3v) is 6.81. The van der Waals surface area contributed by atoms with Crippen LogP contribution < -0.4 is 14.4 Å². The Kier molecular flexibility index (Phi) is 7.76. The van der Waals surface area contributed by atoms with E-state index < -0.39 is 0 Å². The minimum atomic E-state index is 0.131. The highest BCUT2D eigenvalue weighted by Gasteiger charge is 2.30. The lowest BCUT2D eigenvalue weighted by atomic mass is 10.1. The van der Waals surface area contributed by atoms with Crippen molar-refractivity contribution >= 4 is 11.6 Å². The van der Waals surface area contributed by atoms with Crippen LogP contribution in [0, 0.1) is 0 Å². The molecule has 33 heavy (non-hydrogen) atoms. The van der Waals surface area contributed by atoms with E-state index in [-0.39, 0.29) is 18.1 Å². The summed E-state index contributed by atoms with van der Waals surface area (Å²) in [5.41, 5.74) is 2.41. The normalized spacial score (nSPS) is 19.2. The Hall–Kier alpha value is -2.73. The summed E-state index contributed by atoms with van der Waals surface area (Å²) < 4.78 is 11.9. The monoisotopic (exact) mass is 451 g/mol. The number of anilines is 1. The van der Waals surface area contributed by atoms with E-state index in [4.69, 9.17) is 9.47 Å². The van der Waals surface area contributed by atoms with Gasteiger partial charge < -0.3 is 24.2 Å². The molecule has 0 aromatic heterocycles. The highest BCUT2D eigenvalue weighted by atomic mass is 16.5. The molecular weight excluding hydrogens is 414 g/mol. The van der Waals surface area contributed by atoms with Gasteiger partial charge in [0.25, 0.3) is 0 Å². The molecule has 0 bridgehead atoms. The lowest BCUT2D eigenvalue weighted by Gasteiger charge is -2.43. The van der Waals surface area contributed by atoms with Crippen molar-refractivity contribution in [3.8, 4) is 11.5 Å². The Morgan fingerprint density at radius 3 is 2.52 bits per heavy atom. The summed E-state index contributed by atoms with van der Waals surface area (Å²) in [6.45, 7) is 5.71. The molecule has 1 unspecified atom stereocenters. The van der Waals surface area contributed by atoms with E-state index >= 15 is 0 Å². The quantitative estimate of drug-likeness (QED) is 0.602. The van der Waals surface area contributed by atoms with Gasteiger partial charge in [-0.15, -0.1) is 0 Å². The summed E-state index contributed by atoms with van der Waals surface area (Å²) in [6, 6.07) is 16.8. The standard InChI is InChI=1S/C27H37N3O3/c1-21(31)30-16-15-29(20-24(30)19-28(2)18-22-9-5-4-6-10-22)23-13-14-26(32-3)27(17-23)33-25-11-7-8-12-25/h4-6,9-10,13-14,17,24-25H,7-8,11-12,15-16,18-20H2,1-3H3. The molecule has 6 nitrogen and oxygen atoms in total. The Labute approximate surface area is 198 Å². The zero-order valence-corrected chi connectivity index (χ0v) is 20.2. The third-order valence-electron chi connectivity index (χ3n) is 6.81. The van der Waals surface area contributed by atoms with E-state index in [0.717, 1.165) is 62.8 Å². The molecule has 1 saturated heterocycles. The second-order valence-corrected chi connectivity index (χ2v) is 9.35. The van der Waals surface area contributed by atoms with Crippen LogP contribution >= 0.6 is 0 Å². The largest absolute Gasteiger partial charge is 0.493 e. The van der Waals surface area contributed by atoms with Gasteiger partial charge in [-0.25, -0.2) is 0 Å². The van der Waals surface area contributed by atoms with Gasteiger partial charge >= 0.3 is 0 Å². The van der Waals surface area contributed by atoms with Crippen LogP contribution in [0.15, 0.2) is 48.5 Å². The first-order chi connectivity index (χ1) is 16.0. The average molecular weight is 452 g/mol. The topological polar surface area (TPSA) is 45.2 Å². The summed E-state index contributed by atoms with van der Waals surface area (Å²) in [5.74, 6) is 1.76. The van der Waals surface area contributed by atoms with Gasteiger partial charge in [0.05, 0.1) is 19.3 Å². The van der Waals surface area contributed by atoms with E-state index in [2.05, 4.69) is 53.2 Å². The van der Waals surface area contributed by atoms with E-state index in [9.17, 15) is 4.79 Å². The maximum Gasteiger partial charge on any atom is 0.219 e. The lowest BCUT2D eigenvalue weighted by Crippen LogP contribution is -2.58. The minimum absolute atomic E-state index is 0.131. The minimum Gasteiger partial charge on any atom is -0.493 e. The van der Waals surface area contributed by atoms with Crippen LogP contribution in [0.4, 0.5) is 5.69 Å². The van der Waals surface area contributed by atoms with Crippen molar-refractivity contribution in [3.63, 3.8) is 0 Å². The van der Waals surface area contributed by atoms with Crippen molar-refractivity contribution in [2.75, 3.05) is 45.2 Å². The molecule has 1 amide bonds. The molecule has 2 aromatic rings. The summed E-state index contributed by atoms with van der Waals surface area (Å²) in [7, 11) is 3.83. The number of hydrogen-bond donors (Lipinski definition) is 0. The molecule has 2 fully saturated rings. The van der Waals surface area contributed by atoms with Crippen LogP contribution in [0.5, 0.6) is 11.5 Å². The molecule has 1 saturated carbocycles. The molecule has 2 aliphatic rings. The van der Waals surface area contributed by atoms with Gasteiger partial charge in [-0.2, -0.15) is 0 Å². The number of amides is 1. The first-order valence-electron chi connectivity index (χ1n) is 12.1. The van der Waals surface area contributed by atoms with Crippen molar-refractivity contribution in [1.29, 1.82) is 0 Å². The van der Waals surface area contributed by atoms with Gasteiger partial charge in [0.15, 0.2) is 11.5 Å². The van der Waals surface area contributed by atoms with Gasteiger partial charge in [0.2, 0.25) is 5.91 Å². The predicted molar refractivity (Wildman–Crippen MR) is 132 cm³/mol. The van der Waals surface area contributed by atoms with Gasteiger partial charge in [-0.05, 0) is 50.4 Å².